The van der Waals surface area contributed by atoms with Gasteiger partial charge in [-0.15, -0.1) is 11.3 Å². The van der Waals surface area contributed by atoms with Crippen LogP contribution in [-0.2, 0) is 0 Å². The van der Waals surface area contributed by atoms with Gasteiger partial charge in [0.05, 0.1) is 10.2 Å². The van der Waals surface area contributed by atoms with E-state index in [9.17, 15) is 4.79 Å². The summed E-state index contributed by atoms with van der Waals surface area (Å²) in [6, 6.07) is 8.01. The van der Waals surface area contributed by atoms with Gasteiger partial charge in [0, 0.05) is 16.3 Å². The standard InChI is InChI=1S/C11H6N2OS/c14-6-10-12-5-9-11(13-10)7-3-1-2-4-8(7)15-9/h1-6H. The number of carbonyl (C=O) groups is 1. The summed E-state index contributed by atoms with van der Waals surface area (Å²) in [5.74, 6) is 0.242. The maximum absolute atomic E-state index is 10.6. The molecular formula is C11H6N2OS. The zero-order chi connectivity index (χ0) is 10.3. The van der Waals surface area contributed by atoms with Gasteiger partial charge < -0.3 is 0 Å². The highest BCUT2D eigenvalue weighted by molar-refractivity contribution is 7.25. The molecule has 3 rings (SSSR count). The molecule has 72 valence electrons. The number of hydrogen-bond acceptors (Lipinski definition) is 4. The summed E-state index contributed by atoms with van der Waals surface area (Å²) in [6.07, 6.45) is 2.38. The van der Waals surface area contributed by atoms with Crippen LogP contribution in [0.3, 0.4) is 0 Å². The number of carbonyl (C=O) groups excluding carboxylic acids is 1. The Hall–Kier alpha value is -1.81. The predicted octanol–water partition coefficient (Wildman–Crippen LogP) is 2.66. The third-order valence-corrected chi connectivity index (χ3v) is 3.34. The molecule has 0 saturated heterocycles. The van der Waals surface area contributed by atoms with Crippen molar-refractivity contribution in [2.24, 2.45) is 0 Å². The lowest BCUT2D eigenvalue weighted by Gasteiger charge is -1.90. The van der Waals surface area contributed by atoms with E-state index in [-0.39, 0.29) is 5.82 Å². The lowest BCUT2D eigenvalue weighted by Crippen LogP contribution is -1.89. The van der Waals surface area contributed by atoms with Crippen LogP contribution in [0.25, 0.3) is 20.3 Å². The van der Waals surface area contributed by atoms with E-state index in [1.165, 1.54) is 4.70 Å². The maximum atomic E-state index is 10.6. The molecule has 4 heteroatoms. The second kappa shape index (κ2) is 3.10. The smallest absolute Gasteiger partial charge is 0.193 e. The van der Waals surface area contributed by atoms with E-state index in [0.29, 0.717) is 6.29 Å². The molecule has 0 unspecified atom stereocenters. The Labute approximate surface area is 89.4 Å². The second-order valence-electron chi connectivity index (χ2n) is 3.16. The third-order valence-electron chi connectivity index (χ3n) is 2.24. The monoisotopic (exact) mass is 214 g/mol. The van der Waals surface area contributed by atoms with Crippen LogP contribution in [0.5, 0.6) is 0 Å². The van der Waals surface area contributed by atoms with Gasteiger partial charge in [-0.1, -0.05) is 18.2 Å². The van der Waals surface area contributed by atoms with E-state index in [1.807, 2.05) is 24.3 Å². The number of thiophene rings is 1. The Balaban J connectivity index is 2.51. The molecule has 1 aromatic carbocycles. The molecule has 0 atom stereocenters. The molecule has 0 N–H and O–H groups in total. The van der Waals surface area contributed by atoms with Gasteiger partial charge in [0.25, 0.3) is 0 Å². The first-order valence-electron chi connectivity index (χ1n) is 4.48. The molecule has 3 nitrogen and oxygen atoms in total. The van der Waals surface area contributed by atoms with Gasteiger partial charge in [-0.2, -0.15) is 0 Å². The Morgan fingerprint density at radius 1 is 1.20 bits per heavy atom. The summed E-state index contributed by atoms with van der Waals surface area (Å²) in [5, 5.41) is 1.09. The van der Waals surface area contributed by atoms with Gasteiger partial charge in [0.1, 0.15) is 0 Å². The highest BCUT2D eigenvalue weighted by Crippen LogP contribution is 2.31. The third kappa shape index (κ3) is 1.22. The van der Waals surface area contributed by atoms with Crippen LogP contribution in [0, 0.1) is 0 Å². The van der Waals surface area contributed by atoms with Crippen LogP contribution in [0.15, 0.2) is 30.5 Å². The van der Waals surface area contributed by atoms with Gasteiger partial charge in [-0.05, 0) is 6.07 Å². The van der Waals surface area contributed by atoms with Crippen molar-refractivity contribution in [1.82, 2.24) is 9.97 Å². The number of nitrogens with zero attached hydrogens (tertiary/aromatic N) is 2. The molecular weight excluding hydrogens is 208 g/mol. The lowest BCUT2D eigenvalue weighted by atomic mass is 10.2. The molecule has 0 aliphatic rings. The topological polar surface area (TPSA) is 42.9 Å². The zero-order valence-corrected chi connectivity index (χ0v) is 8.49. The second-order valence-corrected chi connectivity index (χ2v) is 4.24. The highest BCUT2D eigenvalue weighted by Gasteiger charge is 2.06. The van der Waals surface area contributed by atoms with Crippen LogP contribution in [0.2, 0.25) is 0 Å². The number of rotatable bonds is 1. The van der Waals surface area contributed by atoms with E-state index < -0.39 is 0 Å². The summed E-state index contributed by atoms with van der Waals surface area (Å²) in [4.78, 5) is 18.8. The quantitative estimate of drug-likeness (QED) is 0.585. The number of hydrogen-bond donors (Lipinski definition) is 0. The van der Waals surface area contributed by atoms with Crippen molar-refractivity contribution in [3.63, 3.8) is 0 Å². The number of aldehydes is 1. The van der Waals surface area contributed by atoms with Crippen molar-refractivity contribution in [3.05, 3.63) is 36.3 Å². The van der Waals surface area contributed by atoms with Crippen LogP contribution < -0.4 is 0 Å². The van der Waals surface area contributed by atoms with Crippen LogP contribution in [-0.4, -0.2) is 16.3 Å². The van der Waals surface area contributed by atoms with Gasteiger partial charge >= 0.3 is 0 Å². The van der Waals surface area contributed by atoms with Crippen LogP contribution in [0.4, 0.5) is 0 Å². The molecule has 0 bridgehead atoms. The van der Waals surface area contributed by atoms with Gasteiger partial charge in [-0.3, -0.25) is 4.79 Å². The lowest BCUT2D eigenvalue weighted by molar-refractivity contribution is 0.111. The first kappa shape index (κ1) is 8.49. The highest BCUT2D eigenvalue weighted by atomic mass is 32.1. The fourth-order valence-electron chi connectivity index (χ4n) is 1.58. The van der Waals surface area contributed by atoms with Crippen molar-refractivity contribution in [2.45, 2.75) is 0 Å². The van der Waals surface area contributed by atoms with Crippen LogP contribution >= 0.6 is 11.3 Å². The molecule has 2 aromatic heterocycles. The van der Waals surface area contributed by atoms with Crippen molar-refractivity contribution >= 4 is 37.9 Å². The fourth-order valence-corrected chi connectivity index (χ4v) is 2.59. The van der Waals surface area contributed by atoms with Crippen molar-refractivity contribution < 1.29 is 4.79 Å². The van der Waals surface area contributed by atoms with E-state index in [4.69, 9.17) is 0 Å². The molecule has 0 aliphatic carbocycles. The molecule has 0 saturated carbocycles. The minimum atomic E-state index is 0.242. The van der Waals surface area contributed by atoms with E-state index in [2.05, 4.69) is 9.97 Å². The summed E-state index contributed by atoms with van der Waals surface area (Å²) in [5.41, 5.74) is 0.868. The summed E-state index contributed by atoms with van der Waals surface area (Å²) < 4.78 is 2.19. The van der Waals surface area contributed by atoms with Gasteiger partial charge in [0.15, 0.2) is 12.1 Å². The van der Waals surface area contributed by atoms with E-state index >= 15 is 0 Å². The Kier molecular flexibility index (Phi) is 1.76. The first-order valence-corrected chi connectivity index (χ1v) is 5.29. The van der Waals surface area contributed by atoms with Crippen molar-refractivity contribution in [3.8, 4) is 0 Å². The minimum absolute atomic E-state index is 0.242. The largest absolute Gasteiger partial charge is 0.294 e. The average molecular weight is 214 g/mol. The molecule has 0 radical (unpaired) electrons. The number of aromatic nitrogens is 2. The maximum Gasteiger partial charge on any atom is 0.193 e. The molecule has 0 spiro atoms. The fraction of sp³-hybridized carbons (Fsp3) is 0. The molecule has 2 heterocycles. The molecule has 3 aromatic rings. The van der Waals surface area contributed by atoms with Crippen molar-refractivity contribution in [2.75, 3.05) is 0 Å². The average Bonchev–Trinajstić information content (AvgIpc) is 2.66. The predicted molar refractivity (Wildman–Crippen MR) is 60.3 cm³/mol. The zero-order valence-electron chi connectivity index (χ0n) is 7.68. The number of fused-ring (bicyclic) bond motifs is 3. The Bertz CT molecular complexity index is 660. The summed E-state index contributed by atoms with van der Waals surface area (Å²) in [6.45, 7) is 0. The minimum Gasteiger partial charge on any atom is -0.294 e. The van der Waals surface area contributed by atoms with E-state index in [0.717, 1.165) is 15.6 Å². The SMILES string of the molecule is O=Cc1ncc2sc3ccccc3c2n1. The first-order chi connectivity index (χ1) is 7.38. The summed E-state index contributed by atoms with van der Waals surface area (Å²) in [7, 11) is 0. The molecule has 0 fully saturated rings. The molecule has 0 amide bonds. The van der Waals surface area contributed by atoms with Crippen LogP contribution in [0.1, 0.15) is 10.6 Å². The Morgan fingerprint density at radius 2 is 2.07 bits per heavy atom. The number of benzene rings is 1. The van der Waals surface area contributed by atoms with Crippen molar-refractivity contribution in [1.29, 1.82) is 0 Å². The molecule has 0 aliphatic heterocycles. The van der Waals surface area contributed by atoms with Gasteiger partial charge in [0.2, 0.25) is 0 Å². The normalized spacial score (nSPS) is 10.9. The van der Waals surface area contributed by atoms with Gasteiger partial charge in [-0.25, -0.2) is 9.97 Å². The molecule has 15 heavy (non-hydrogen) atoms. The Morgan fingerprint density at radius 3 is 2.93 bits per heavy atom. The van der Waals surface area contributed by atoms with E-state index in [1.54, 1.807) is 17.5 Å². The summed E-state index contributed by atoms with van der Waals surface area (Å²) >= 11 is 1.64.